The van der Waals surface area contributed by atoms with Crippen LogP contribution in [0, 0.1) is 6.92 Å². The number of nitrogens with zero attached hydrogens (tertiary/aromatic N) is 1. The normalized spacial score (nSPS) is 13.8. The summed E-state index contributed by atoms with van der Waals surface area (Å²) in [5.41, 5.74) is 3.55. The summed E-state index contributed by atoms with van der Waals surface area (Å²) in [6.45, 7) is 4.12. The Labute approximate surface area is 197 Å². The molecule has 0 spiro atoms. The number of anilines is 1. The average molecular weight is 469 g/mol. The van der Waals surface area contributed by atoms with Gasteiger partial charge in [0.25, 0.3) is 5.91 Å². The van der Waals surface area contributed by atoms with Crippen molar-refractivity contribution in [1.29, 1.82) is 0 Å². The lowest BCUT2D eigenvalue weighted by Crippen LogP contribution is -2.41. The van der Waals surface area contributed by atoms with Crippen LogP contribution in [0.25, 0.3) is 10.4 Å². The standard InChI is InChI=1S/C25H25ClN2O3S/c1-17-22(25(30)28-13-15-31-16-14-28)24(32-23(17)19-5-3-2-4-6-19)27-21(29)12-9-18-7-10-20(26)11-8-18/h2-8,10-11H,9,12-16H2,1H3,(H,27,29). The number of benzene rings is 2. The minimum Gasteiger partial charge on any atom is -0.378 e. The number of carbonyl (C=O) groups excluding carboxylic acids is 2. The molecular weight excluding hydrogens is 444 g/mol. The van der Waals surface area contributed by atoms with Crippen LogP contribution < -0.4 is 5.32 Å². The quantitative estimate of drug-likeness (QED) is 0.525. The molecule has 0 atom stereocenters. The number of rotatable bonds is 6. The van der Waals surface area contributed by atoms with Crippen LogP contribution in [-0.4, -0.2) is 43.0 Å². The van der Waals surface area contributed by atoms with E-state index in [1.54, 1.807) is 4.90 Å². The van der Waals surface area contributed by atoms with Crippen molar-refractivity contribution in [2.45, 2.75) is 19.8 Å². The molecule has 0 unspecified atom stereocenters. The van der Waals surface area contributed by atoms with E-state index < -0.39 is 0 Å². The molecule has 2 heterocycles. The summed E-state index contributed by atoms with van der Waals surface area (Å²) >= 11 is 7.39. The molecule has 32 heavy (non-hydrogen) atoms. The van der Waals surface area contributed by atoms with E-state index in [0.29, 0.717) is 54.7 Å². The smallest absolute Gasteiger partial charge is 0.257 e. The Morgan fingerprint density at radius 2 is 1.75 bits per heavy atom. The van der Waals surface area contributed by atoms with Crippen LogP contribution in [-0.2, 0) is 16.0 Å². The molecule has 1 aliphatic heterocycles. The SMILES string of the molecule is Cc1c(-c2ccccc2)sc(NC(=O)CCc2ccc(Cl)cc2)c1C(=O)N1CCOCC1. The van der Waals surface area contributed by atoms with E-state index >= 15 is 0 Å². The maximum Gasteiger partial charge on any atom is 0.257 e. The number of thiophene rings is 1. The molecule has 7 heteroatoms. The Hall–Kier alpha value is -2.67. The Balaban J connectivity index is 1.58. The second kappa shape index (κ2) is 10.3. The van der Waals surface area contributed by atoms with Gasteiger partial charge in [0.1, 0.15) is 5.00 Å². The van der Waals surface area contributed by atoms with Crippen molar-refractivity contribution in [1.82, 2.24) is 4.90 Å². The van der Waals surface area contributed by atoms with Gasteiger partial charge in [-0.2, -0.15) is 0 Å². The summed E-state index contributed by atoms with van der Waals surface area (Å²) in [4.78, 5) is 29.0. The van der Waals surface area contributed by atoms with Crippen molar-refractivity contribution in [3.63, 3.8) is 0 Å². The monoisotopic (exact) mass is 468 g/mol. The third kappa shape index (κ3) is 5.21. The van der Waals surface area contributed by atoms with E-state index in [1.165, 1.54) is 11.3 Å². The van der Waals surface area contributed by atoms with Gasteiger partial charge >= 0.3 is 0 Å². The maximum atomic E-state index is 13.4. The Kier molecular flexibility index (Phi) is 7.25. The molecule has 1 aliphatic rings. The van der Waals surface area contributed by atoms with Crippen LogP contribution in [0.5, 0.6) is 0 Å². The van der Waals surface area contributed by atoms with E-state index in [2.05, 4.69) is 5.32 Å². The maximum absolute atomic E-state index is 13.4. The van der Waals surface area contributed by atoms with Crippen LogP contribution in [0.15, 0.2) is 54.6 Å². The van der Waals surface area contributed by atoms with Crippen LogP contribution in [0.4, 0.5) is 5.00 Å². The van der Waals surface area contributed by atoms with E-state index in [9.17, 15) is 9.59 Å². The van der Waals surface area contributed by atoms with Crippen molar-refractivity contribution >= 4 is 39.8 Å². The number of halogens is 1. The Morgan fingerprint density at radius 1 is 1.06 bits per heavy atom. The summed E-state index contributed by atoms with van der Waals surface area (Å²) in [6.07, 6.45) is 0.927. The lowest BCUT2D eigenvalue weighted by atomic mass is 10.1. The predicted molar refractivity (Wildman–Crippen MR) is 130 cm³/mol. The number of aryl methyl sites for hydroxylation is 1. The summed E-state index contributed by atoms with van der Waals surface area (Å²) in [6, 6.07) is 17.4. The zero-order chi connectivity index (χ0) is 22.5. The summed E-state index contributed by atoms with van der Waals surface area (Å²) in [5, 5.41) is 4.30. The highest BCUT2D eigenvalue weighted by molar-refractivity contribution is 7.20. The fraction of sp³-hybridized carbons (Fsp3) is 0.280. The molecule has 3 aromatic rings. The fourth-order valence-corrected chi connectivity index (χ4v) is 5.09. The average Bonchev–Trinajstić information content (AvgIpc) is 3.14. The first-order chi connectivity index (χ1) is 15.5. The highest BCUT2D eigenvalue weighted by Gasteiger charge is 2.27. The molecule has 166 valence electrons. The van der Waals surface area contributed by atoms with Crippen molar-refractivity contribution in [3.8, 4) is 10.4 Å². The zero-order valence-corrected chi connectivity index (χ0v) is 19.5. The van der Waals surface area contributed by atoms with E-state index in [1.807, 2.05) is 61.5 Å². The van der Waals surface area contributed by atoms with Crippen molar-refractivity contribution in [3.05, 3.63) is 76.3 Å². The van der Waals surface area contributed by atoms with E-state index in [0.717, 1.165) is 21.6 Å². The van der Waals surface area contributed by atoms with Gasteiger partial charge in [-0.1, -0.05) is 54.1 Å². The number of hydrogen-bond acceptors (Lipinski definition) is 4. The molecule has 0 aliphatic carbocycles. The van der Waals surface area contributed by atoms with Gasteiger partial charge in [0.2, 0.25) is 5.91 Å². The van der Waals surface area contributed by atoms with Gasteiger partial charge in [0, 0.05) is 29.4 Å². The molecule has 1 aromatic heterocycles. The number of hydrogen-bond donors (Lipinski definition) is 1. The number of carbonyl (C=O) groups is 2. The van der Waals surface area contributed by atoms with Gasteiger partial charge in [-0.25, -0.2) is 0 Å². The van der Waals surface area contributed by atoms with Crippen LogP contribution in [0.2, 0.25) is 5.02 Å². The molecule has 2 aromatic carbocycles. The van der Waals surface area contributed by atoms with E-state index in [-0.39, 0.29) is 11.8 Å². The number of ether oxygens (including phenoxy) is 1. The molecule has 4 rings (SSSR count). The number of nitrogens with one attached hydrogen (secondary N) is 1. The van der Waals surface area contributed by atoms with E-state index in [4.69, 9.17) is 16.3 Å². The van der Waals surface area contributed by atoms with Gasteiger partial charge in [0.15, 0.2) is 0 Å². The first kappa shape index (κ1) is 22.5. The number of amides is 2. The third-order valence-electron chi connectivity index (χ3n) is 5.50. The largest absolute Gasteiger partial charge is 0.378 e. The van der Waals surface area contributed by atoms with Gasteiger partial charge in [-0.3, -0.25) is 9.59 Å². The Bertz CT molecular complexity index is 1090. The van der Waals surface area contributed by atoms with Gasteiger partial charge in [-0.15, -0.1) is 11.3 Å². The third-order valence-corrected chi connectivity index (χ3v) is 7.01. The molecule has 5 nitrogen and oxygen atoms in total. The molecule has 0 bridgehead atoms. The first-order valence-corrected chi connectivity index (χ1v) is 11.8. The van der Waals surface area contributed by atoms with Gasteiger partial charge in [0.05, 0.1) is 18.8 Å². The molecule has 0 saturated carbocycles. The highest BCUT2D eigenvalue weighted by atomic mass is 35.5. The van der Waals surface area contributed by atoms with Gasteiger partial charge in [-0.05, 0) is 42.2 Å². The second-order valence-electron chi connectivity index (χ2n) is 7.71. The minimum absolute atomic E-state index is 0.0581. The molecule has 1 fully saturated rings. The predicted octanol–water partition coefficient (Wildman–Crippen LogP) is 5.42. The van der Waals surface area contributed by atoms with Crippen molar-refractivity contribution in [2.75, 3.05) is 31.6 Å². The molecule has 1 saturated heterocycles. The van der Waals surface area contributed by atoms with Crippen LogP contribution >= 0.6 is 22.9 Å². The molecule has 2 amide bonds. The lowest BCUT2D eigenvalue weighted by molar-refractivity contribution is -0.116. The summed E-state index contributed by atoms with van der Waals surface area (Å²) < 4.78 is 5.40. The summed E-state index contributed by atoms with van der Waals surface area (Å²) in [5.74, 6) is -0.172. The van der Waals surface area contributed by atoms with Crippen molar-refractivity contribution in [2.24, 2.45) is 0 Å². The Morgan fingerprint density at radius 3 is 2.44 bits per heavy atom. The lowest BCUT2D eigenvalue weighted by Gasteiger charge is -2.27. The van der Waals surface area contributed by atoms with Crippen molar-refractivity contribution < 1.29 is 14.3 Å². The van der Waals surface area contributed by atoms with Gasteiger partial charge < -0.3 is 15.0 Å². The zero-order valence-electron chi connectivity index (χ0n) is 17.9. The van der Waals surface area contributed by atoms with Crippen LogP contribution in [0.1, 0.15) is 27.9 Å². The molecular formula is C25H25ClN2O3S. The summed E-state index contributed by atoms with van der Waals surface area (Å²) in [7, 11) is 0. The van der Waals surface area contributed by atoms with Crippen LogP contribution in [0.3, 0.4) is 0 Å². The molecule has 1 N–H and O–H groups in total. The molecule has 0 radical (unpaired) electrons. The topological polar surface area (TPSA) is 58.6 Å². The number of morpholine rings is 1. The second-order valence-corrected chi connectivity index (χ2v) is 9.16. The fourth-order valence-electron chi connectivity index (χ4n) is 3.75. The first-order valence-electron chi connectivity index (χ1n) is 10.6. The highest BCUT2D eigenvalue weighted by Crippen LogP contribution is 2.40. The minimum atomic E-state index is -0.114.